The zero-order valence-corrected chi connectivity index (χ0v) is 22.1. The molecule has 210 valence electrons. The van der Waals surface area contributed by atoms with Gasteiger partial charge in [-0.3, -0.25) is 0 Å². The van der Waals surface area contributed by atoms with Crippen LogP contribution < -0.4 is 9.64 Å². The molecule has 0 aliphatic carbocycles. The first-order valence-electron chi connectivity index (χ1n) is 13.4. The average molecular weight is 560 g/mol. The summed E-state index contributed by atoms with van der Waals surface area (Å²) in [5, 5.41) is 18.4. The molecule has 2 aliphatic rings. The van der Waals surface area contributed by atoms with E-state index >= 15 is 0 Å². The standard InChI is InChI=1S/C30H27F2N5O4/c31-22-3-6-28(35-25(22)17-41-27-5-1-18(14-33)11-23(27)32)36-9-7-19(15-36)12-29-34-24-4-2-20(30(38)39)13-26(24)37(29)16-21-8-10-40-21/h1-6,11,13,19,21H,7-10,12,15-17H2,(H,38,39). The first kappa shape index (κ1) is 26.7. The van der Waals surface area contributed by atoms with Crippen LogP contribution in [0.15, 0.2) is 48.5 Å². The van der Waals surface area contributed by atoms with Gasteiger partial charge in [-0.1, -0.05) is 0 Å². The van der Waals surface area contributed by atoms with Gasteiger partial charge in [0.05, 0.1) is 40.9 Å². The van der Waals surface area contributed by atoms with E-state index in [1.807, 2.05) is 6.07 Å². The van der Waals surface area contributed by atoms with Crippen molar-refractivity contribution in [2.45, 2.75) is 38.5 Å². The van der Waals surface area contributed by atoms with Crippen LogP contribution in [0, 0.1) is 28.9 Å². The van der Waals surface area contributed by atoms with E-state index in [4.69, 9.17) is 19.7 Å². The largest absolute Gasteiger partial charge is 0.484 e. The lowest BCUT2D eigenvalue weighted by atomic mass is 10.0. The first-order chi connectivity index (χ1) is 19.9. The molecule has 2 aromatic carbocycles. The van der Waals surface area contributed by atoms with E-state index in [0.717, 1.165) is 48.9 Å². The van der Waals surface area contributed by atoms with Crippen LogP contribution >= 0.6 is 0 Å². The lowest BCUT2D eigenvalue weighted by Gasteiger charge is -2.28. The van der Waals surface area contributed by atoms with Crippen LogP contribution in [0.25, 0.3) is 11.0 Å². The van der Waals surface area contributed by atoms with Gasteiger partial charge in [0, 0.05) is 26.1 Å². The van der Waals surface area contributed by atoms with Crippen LogP contribution in [0.3, 0.4) is 0 Å². The van der Waals surface area contributed by atoms with Crippen LogP contribution in [0.4, 0.5) is 14.6 Å². The molecular weight excluding hydrogens is 532 g/mol. The maximum absolute atomic E-state index is 14.5. The van der Waals surface area contributed by atoms with E-state index in [9.17, 15) is 18.7 Å². The monoisotopic (exact) mass is 559 g/mol. The van der Waals surface area contributed by atoms with Crippen molar-refractivity contribution in [1.82, 2.24) is 14.5 Å². The fourth-order valence-corrected chi connectivity index (χ4v) is 5.35. The molecule has 0 bridgehead atoms. The Balaban J connectivity index is 1.16. The fourth-order valence-electron chi connectivity index (χ4n) is 5.35. The zero-order chi connectivity index (χ0) is 28.5. The second-order valence-corrected chi connectivity index (χ2v) is 10.4. The van der Waals surface area contributed by atoms with Crippen LogP contribution in [-0.2, 0) is 24.3 Å². The number of rotatable bonds is 9. The second-order valence-electron chi connectivity index (χ2n) is 10.4. The molecule has 2 aliphatic heterocycles. The number of fused-ring (bicyclic) bond motifs is 1. The van der Waals surface area contributed by atoms with Gasteiger partial charge in [-0.2, -0.15) is 5.26 Å². The molecule has 6 rings (SSSR count). The summed E-state index contributed by atoms with van der Waals surface area (Å²) in [5.74, 6) is -0.561. The summed E-state index contributed by atoms with van der Waals surface area (Å²) in [4.78, 5) is 23.0. The molecule has 11 heteroatoms. The van der Waals surface area contributed by atoms with Crippen molar-refractivity contribution in [1.29, 1.82) is 5.26 Å². The molecule has 0 amide bonds. The topological polar surface area (TPSA) is 114 Å². The third kappa shape index (κ3) is 5.56. The summed E-state index contributed by atoms with van der Waals surface area (Å²) in [6.07, 6.45) is 2.61. The molecule has 4 heterocycles. The van der Waals surface area contributed by atoms with Gasteiger partial charge in [-0.25, -0.2) is 23.5 Å². The number of aromatic carboxylic acids is 1. The van der Waals surface area contributed by atoms with E-state index in [2.05, 4.69) is 14.5 Å². The number of pyridine rings is 1. The van der Waals surface area contributed by atoms with Gasteiger partial charge in [-0.15, -0.1) is 0 Å². The molecule has 9 nitrogen and oxygen atoms in total. The van der Waals surface area contributed by atoms with Crippen molar-refractivity contribution in [3.05, 3.63) is 82.8 Å². The lowest BCUT2D eigenvalue weighted by Crippen LogP contribution is -2.32. The zero-order valence-electron chi connectivity index (χ0n) is 22.1. The van der Waals surface area contributed by atoms with Crippen molar-refractivity contribution in [3.63, 3.8) is 0 Å². The number of benzene rings is 2. The highest BCUT2D eigenvalue weighted by atomic mass is 19.1. The van der Waals surface area contributed by atoms with E-state index in [1.54, 1.807) is 24.3 Å². The SMILES string of the molecule is N#Cc1ccc(OCc2nc(N3CCC(Cc4nc5ccc(C(=O)O)cc5n4CC4CCO4)C3)ccc2F)c(F)c1. The van der Waals surface area contributed by atoms with Crippen LogP contribution in [0.1, 0.15) is 40.3 Å². The number of aromatic nitrogens is 3. The number of imidazole rings is 1. The maximum Gasteiger partial charge on any atom is 0.335 e. The minimum atomic E-state index is -0.980. The van der Waals surface area contributed by atoms with Gasteiger partial charge in [0.2, 0.25) is 0 Å². The van der Waals surface area contributed by atoms with Crippen molar-refractivity contribution >= 4 is 22.8 Å². The third-order valence-corrected chi connectivity index (χ3v) is 7.66. The van der Waals surface area contributed by atoms with E-state index in [-0.39, 0.29) is 41.2 Å². The molecule has 41 heavy (non-hydrogen) atoms. The smallest absolute Gasteiger partial charge is 0.335 e. The number of hydrogen-bond donors (Lipinski definition) is 1. The van der Waals surface area contributed by atoms with Gasteiger partial charge in [0.15, 0.2) is 11.6 Å². The number of carboxylic acids is 1. The number of anilines is 1. The van der Waals surface area contributed by atoms with Gasteiger partial charge in [0.25, 0.3) is 0 Å². The van der Waals surface area contributed by atoms with E-state index < -0.39 is 17.6 Å². The van der Waals surface area contributed by atoms with Crippen molar-refractivity contribution in [2.24, 2.45) is 5.92 Å². The van der Waals surface area contributed by atoms with E-state index in [1.165, 1.54) is 18.2 Å². The van der Waals surface area contributed by atoms with E-state index in [0.29, 0.717) is 25.3 Å². The summed E-state index contributed by atoms with van der Waals surface area (Å²) in [6, 6.07) is 13.6. The minimum absolute atomic E-state index is 0.0613. The van der Waals surface area contributed by atoms with Gasteiger partial charge in [0.1, 0.15) is 29.8 Å². The van der Waals surface area contributed by atoms with Crippen LogP contribution in [-0.4, -0.2) is 51.4 Å². The Hall–Kier alpha value is -4.56. The molecule has 2 fully saturated rings. The highest BCUT2D eigenvalue weighted by molar-refractivity contribution is 5.92. The number of hydrogen-bond acceptors (Lipinski definition) is 7. The molecule has 2 saturated heterocycles. The minimum Gasteiger partial charge on any atom is -0.484 e. The number of halogens is 2. The van der Waals surface area contributed by atoms with Crippen LogP contribution in [0.2, 0.25) is 0 Å². The van der Waals surface area contributed by atoms with Crippen molar-refractivity contribution in [2.75, 3.05) is 24.6 Å². The Morgan fingerprint density at radius 3 is 2.71 bits per heavy atom. The molecule has 4 aromatic rings. The fraction of sp³-hybridized carbons (Fsp3) is 0.333. The number of carbonyl (C=O) groups is 1. The number of ether oxygens (including phenoxy) is 2. The number of carboxylic acid groups (broad SMARTS) is 1. The predicted molar refractivity (Wildman–Crippen MR) is 145 cm³/mol. The molecule has 0 spiro atoms. The Labute approximate surface area is 234 Å². The summed E-state index contributed by atoms with van der Waals surface area (Å²) in [6.45, 7) is 2.50. The third-order valence-electron chi connectivity index (χ3n) is 7.66. The number of nitriles is 1. The lowest BCUT2D eigenvalue weighted by molar-refractivity contribution is -0.0590. The van der Waals surface area contributed by atoms with Crippen molar-refractivity contribution in [3.8, 4) is 11.8 Å². The number of nitrogens with zero attached hydrogens (tertiary/aromatic N) is 5. The second kappa shape index (κ2) is 11.1. The van der Waals surface area contributed by atoms with Gasteiger partial charge < -0.3 is 24.0 Å². The molecule has 2 atom stereocenters. The van der Waals surface area contributed by atoms with Gasteiger partial charge in [-0.05, 0) is 67.3 Å². The molecular formula is C30H27F2N5O4. The predicted octanol–water partition coefficient (Wildman–Crippen LogP) is 4.72. The summed E-state index contributed by atoms with van der Waals surface area (Å²) >= 11 is 0. The molecule has 0 radical (unpaired) electrons. The summed E-state index contributed by atoms with van der Waals surface area (Å²) in [5.41, 5.74) is 1.99. The van der Waals surface area contributed by atoms with Gasteiger partial charge >= 0.3 is 5.97 Å². The molecule has 1 N–H and O–H groups in total. The summed E-state index contributed by atoms with van der Waals surface area (Å²) < 4.78 is 42.0. The Morgan fingerprint density at radius 1 is 1.12 bits per heavy atom. The van der Waals surface area contributed by atoms with Crippen LogP contribution in [0.5, 0.6) is 5.75 Å². The summed E-state index contributed by atoms with van der Waals surface area (Å²) in [7, 11) is 0. The average Bonchev–Trinajstić information content (AvgIpc) is 3.54. The Kier molecular flexibility index (Phi) is 7.24. The normalized spacial score (nSPS) is 18.3. The maximum atomic E-state index is 14.5. The molecule has 0 saturated carbocycles. The van der Waals surface area contributed by atoms with Crippen molar-refractivity contribution < 1.29 is 28.2 Å². The molecule has 2 aromatic heterocycles. The first-order valence-corrected chi connectivity index (χ1v) is 13.4. The molecule has 2 unspecified atom stereocenters. The highest BCUT2D eigenvalue weighted by Crippen LogP contribution is 2.29. The Bertz CT molecular complexity index is 1660. The highest BCUT2D eigenvalue weighted by Gasteiger charge is 2.28. The Morgan fingerprint density at radius 2 is 1.98 bits per heavy atom. The quantitative estimate of drug-likeness (QED) is 0.314.